The number of rotatable bonds is 5. The number of pyridine rings is 2. The molecule has 0 bridgehead atoms. The first-order valence-corrected chi connectivity index (χ1v) is 10.8. The van der Waals surface area contributed by atoms with Crippen molar-refractivity contribution in [1.29, 1.82) is 0 Å². The topological polar surface area (TPSA) is 125 Å². The molecule has 0 radical (unpaired) electrons. The average molecular weight is 496 g/mol. The van der Waals surface area contributed by atoms with E-state index in [1.165, 1.54) is 33.4 Å². The van der Waals surface area contributed by atoms with Crippen molar-refractivity contribution in [1.82, 2.24) is 24.6 Å². The Kier molecular flexibility index (Phi) is 6.57. The van der Waals surface area contributed by atoms with Gasteiger partial charge in [0.05, 0.1) is 36.7 Å². The number of nitrogens with zero attached hydrogens (tertiary/aromatic N) is 5. The lowest BCUT2D eigenvalue weighted by atomic mass is 10.1. The fourth-order valence-corrected chi connectivity index (χ4v) is 4.08. The standard InChI is InChI=1S/C24H22F2N6O4/c1-5-17(34)31-9-8-13(11-31)32-21-15(12(2)33)10-28-22(27)18(21)16(30-32)7-6-14-19(25)23(35-3)29-24(36-4)20(14)26/h5,10,13H,1,8-9,11H2,2-4H3,(H2,27,28). The molecule has 3 aromatic heterocycles. The van der Waals surface area contributed by atoms with Crippen molar-refractivity contribution in [2.45, 2.75) is 19.4 Å². The van der Waals surface area contributed by atoms with Gasteiger partial charge in [0.1, 0.15) is 17.1 Å². The number of Topliss-reactive ketones (excluding diaryl/α,β-unsaturated/α-hetero) is 1. The number of hydrogen-bond acceptors (Lipinski definition) is 8. The van der Waals surface area contributed by atoms with Crippen molar-refractivity contribution in [3.63, 3.8) is 0 Å². The molecule has 1 saturated heterocycles. The molecule has 4 rings (SSSR count). The Bertz CT molecular complexity index is 1440. The van der Waals surface area contributed by atoms with Gasteiger partial charge >= 0.3 is 0 Å². The van der Waals surface area contributed by atoms with Crippen molar-refractivity contribution in [2.75, 3.05) is 33.0 Å². The lowest BCUT2D eigenvalue weighted by Gasteiger charge is -2.16. The van der Waals surface area contributed by atoms with Crippen molar-refractivity contribution in [3.8, 4) is 23.6 Å². The second-order valence-electron chi connectivity index (χ2n) is 7.94. The zero-order chi connectivity index (χ0) is 26.1. The number of nitrogens with two attached hydrogens (primary N) is 1. The number of ether oxygens (including phenoxy) is 2. The number of ketones is 1. The van der Waals surface area contributed by atoms with Crippen LogP contribution in [0.1, 0.15) is 41.0 Å². The van der Waals surface area contributed by atoms with Gasteiger partial charge in [-0.2, -0.15) is 18.9 Å². The minimum Gasteiger partial charge on any atom is -0.479 e. The van der Waals surface area contributed by atoms with Gasteiger partial charge in [-0.05, 0) is 25.3 Å². The minimum absolute atomic E-state index is 0.0356. The fraction of sp³-hybridized carbons (Fsp3) is 0.292. The number of carbonyl (C=O) groups excluding carboxylic acids is 2. The van der Waals surface area contributed by atoms with Gasteiger partial charge in [-0.1, -0.05) is 12.5 Å². The van der Waals surface area contributed by atoms with E-state index in [1.54, 1.807) is 9.58 Å². The number of anilines is 1. The Balaban J connectivity index is 1.92. The van der Waals surface area contributed by atoms with Crippen LogP contribution >= 0.6 is 0 Å². The minimum atomic E-state index is -1.11. The van der Waals surface area contributed by atoms with Gasteiger partial charge in [0.15, 0.2) is 5.78 Å². The lowest BCUT2D eigenvalue weighted by molar-refractivity contribution is -0.125. The highest BCUT2D eigenvalue weighted by Crippen LogP contribution is 2.33. The summed E-state index contributed by atoms with van der Waals surface area (Å²) in [6, 6.07) is -0.304. The summed E-state index contributed by atoms with van der Waals surface area (Å²) in [4.78, 5) is 33.8. The third-order valence-corrected chi connectivity index (χ3v) is 5.84. The van der Waals surface area contributed by atoms with Crippen molar-refractivity contribution >= 4 is 28.4 Å². The van der Waals surface area contributed by atoms with Crippen LogP contribution in [-0.2, 0) is 4.79 Å². The van der Waals surface area contributed by atoms with Gasteiger partial charge in [-0.25, -0.2) is 4.98 Å². The summed E-state index contributed by atoms with van der Waals surface area (Å²) in [6.07, 6.45) is 3.11. The van der Waals surface area contributed by atoms with Crippen LogP contribution in [0.2, 0.25) is 0 Å². The largest absolute Gasteiger partial charge is 0.479 e. The van der Waals surface area contributed by atoms with E-state index in [1.807, 2.05) is 0 Å². The van der Waals surface area contributed by atoms with Gasteiger partial charge in [0.2, 0.25) is 17.5 Å². The first-order valence-electron chi connectivity index (χ1n) is 10.8. The summed E-state index contributed by atoms with van der Waals surface area (Å²) >= 11 is 0. The van der Waals surface area contributed by atoms with Gasteiger partial charge < -0.3 is 20.1 Å². The van der Waals surface area contributed by atoms with Crippen LogP contribution in [0, 0.1) is 23.5 Å². The zero-order valence-corrected chi connectivity index (χ0v) is 19.8. The summed E-state index contributed by atoms with van der Waals surface area (Å²) in [6.45, 7) is 5.66. The van der Waals surface area contributed by atoms with Gasteiger partial charge in [0, 0.05) is 19.3 Å². The molecule has 0 saturated carbocycles. The first kappa shape index (κ1) is 24.6. The molecule has 3 aromatic rings. The SMILES string of the molecule is C=CC(=O)N1CCC(n2nc(C#Cc3c(F)c(OC)nc(OC)c3F)c3c(N)ncc(C(C)=O)c32)C1. The predicted molar refractivity (Wildman–Crippen MR) is 126 cm³/mol. The van der Waals surface area contributed by atoms with Crippen LogP contribution in [0.3, 0.4) is 0 Å². The third kappa shape index (κ3) is 4.08. The number of aromatic nitrogens is 4. The molecule has 186 valence electrons. The molecule has 4 heterocycles. The van der Waals surface area contributed by atoms with E-state index in [4.69, 9.17) is 15.2 Å². The van der Waals surface area contributed by atoms with Crippen LogP contribution in [0.15, 0.2) is 18.9 Å². The van der Waals surface area contributed by atoms with Gasteiger partial charge in [-0.15, -0.1) is 0 Å². The third-order valence-electron chi connectivity index (χ3n) is 5.84. The van der Waals surface area contributed by atoms with Crippen LogP contribution < -0.4 is 15.2 Å². The summed E-state index contributed by atoms with van der Waals surface area (Å²) in [7, 11) is 2.35. The molecule has 1 atom stereocenters. The van der Waals surface area contributed by atoms with Gasteiger partial charge in [0.25, 0.3) is 11.8 Å². The van der Waals surface area contributed by atoms with Crippen LogP contribution in [0.25, 0.3) is 10.9 Å². The molecule has 1 amide bonds. The summed E-state index contributed by atoms with van der Waals surface area (Å²) < 4.78 is 40.8. The van der Waals surface area contributed by atoms with Gasteiger partial charge in [-0.3, -0.25) is 14.3 Å². The Morgan fingerprint density at radius 3 is 2.47 bits per heavy atom. The van der Waals surface area contributed by atoms with Crippen molar-refractivity contribution in [3.05, 3.63) is 47.3 Å². The molecule has 2 N–H and O–H groups in total. The maximum Gasteiger partial charge on any atom is 0.254 e. The molecule has 10 nitrogen and oxygen atoms in total. The first-order chi connectivity index (χ1) is 17.2. The van der Waals surface area contributed by atoms with E-state index < -0.39 is 29.0 Å². The number of halogens is 2. The normalized spacial score (nSPS) is 14.9. The molecule has 12 heteroatoms. The number of carbonyl (C=O) groups is 2. The number of fused-ring (bicyclic) bond motifs is 1. The van der Waals surface area contributed by atoms with E-state index >= 15 is 0 Å². The lowest BCUT2D eigenvalue weighted by Crippen LogP contribution is -2.27. The summed E-state index contributed by atoms with van der Waals surface area (Å²) in [5.74, 6) is 1.39. The molecule has 36 heavy (non-hydrogen) atoms. The Hall–Kier alpha value is -4.53. The maximum atomic E-state index is 14.8. The highest BCUT2D eigenvalue weighted by molar-refractivity contribution is 6.09. The van der Waals surface area contributed by atoms with E-state index in [0.29, 0.717) is 25.0 Å². The van der Waals surface area contributed by atoms with Crippen LogP contribution in [-0.4, -0.2) is 63.6 Å². The number of nitrogen functional groups attached to an aromatic ring is 1. The molecular weight excluding hydrogens is 474 g/mol. The Morgan fingerprint density at radius 2 is 1.89 bits per heavy atom. The van der Waals surface area contributed by atoms with Crippen molar-refractivity contribution in [2.24, 2.45) is 0 Å². The van der Waals surface area contributed by atoms with E-state index in [9.17, 15) is 18.4 Å². The average Bonchev–Trinajstić information content (AvgIpc) is 3.49. The second kappa shape index (κ2) is 9.61. The summed E-state index contributed by atoms with van der Waals surface area (Å²) in [5.41, 5.74) is 6.18. The molecule has 0 spiro atoms. The van der Waals surface area contributed by atoms with E-state index in [-0.39, 0.29) is 40.2 Å². The van der Waals surface area contributed by atoms with Crippen molar-refractivity contribution < 1.29 is 27.8 Å². The van der Waals surface area contributed by atoms with E-state index in [2.05, 4.69) is 33.5 Å². The monoisotopic (exact) mass is 496 g/mol. The molecular formula is C24H22F2N6O4. The number of methoxy groups -OCH3 is 2. The predicted octanol–water partition coefficient (Wildman–Crippen LogP) is 2.27. The Morgan fingerprint density at radius 1 is 1.22 bits per heavy atom. The summed E-state index contributed by atoms with van der Waals surface area (Å²) in [5, 5.41) is 4.80. The highest BCUT2D eigenvalue weighted by atomic mass is 19.1. The molecule has 1 aliphatic rings. The molecule has 1 unspecified atom stereocenters. The molecule has 0 aliphatic carbocycles. The van der Waals surface area contributed by atoms with Crippen LogP contribution in [0.5, 0.6) is 11.8 Å². The molecule has 1 aliphatic heterocycles. The number of hydrogen-bond donors (Lipinski definition) is 1. The number of amides is 1. The Labute approximate surface area is 204 Å². The smallest absolute Gasteiger partial charge is 0.254 e. The molecule has 1 fully saturated rings. The van der Waals surface area contributed by atoms with E-state index in [0.717, 1.165) is 0 Å². The maximum absolute atomic E-state index is 14.8. The zero-order valence-electron chi connectivity index (χ0n) is 19.8. The number of likely N-dealkylation sites (tertiary alicyclic amines) is 1. The second-order valence-corrected chi connectivity index (χ2v) is 7.94. The van der Waals surface area contributed by atoms with Crippen LogP contribution in [0.4, 0.5) is 14.6 Å². The molecule has 0 aromatic carbocycles. The quantitative estimate of drug-likeness (QED) is 0.324. The highest BCUT2D eigenvalue weighted by Gasteiger charge is 2.30. The fourth-order valence-electron chi connectivity index (χ4n) is 4.08.